The molecule has 2 N–H and O–H groups in total. The molecular weight excluding hydrogens is 234 g/mol. The second kappa shape index (κ2) is 5.59. The van der Waals surface area contributed by atoms with Crippen molar-refractivity contribution in [3.63, 3.8) is 0 Å². The molecular formula is C12H15N3O3. The quantitative estimate of drug-likeness (QED) is 0.691. The van der Waals surface area contributed by atoms with E-state index < -0.39 is 12.3 Å². The van der Waals surface area contributed by atoms with Gasteiger partial charge in [-0.2, -0.15) is 0 Å². The third-order valence-corrected chi connectivity index (χ3v) is 2.94. The van der Waals surface area contributed by atoms with E-state index in [1.54, 1.807) is 18.5 Å². The average Bonchev–Trinajstić information content (AvgIpc) is 2.72. The predicted molar refractivity (Wildman–Crippen MR) is 63.3 cm³/mol. The first-order valence-corrected chi connectivity index (χ1v) is 5.77. The summed E-state index contributed by atoms with van der Waals surface area (Å²) in [7, 11) is 0. The lowest BCUT2D eigenvalue weighted by Gasteiger charge is -2.23. The molecule has 1 aromatic heterocycles. The van der Waals surface area contributed by atoms with Crippen LogP contribution in [0.25, 0.3) is 0 Å². The van der Waals surface area contributed by atoms with Crippen molar-refractivity contribution in [1.82, 2.24) is 15.2 Å². The maximum Gasteiger partial charge on any atom is 0.228 e. The van der Waals surface area contributed by atoms with Gasteiger partial charge in [-0.1, -0.05) is 6.07 Å². The largest absolute Gasteiger partial charge is 0.391 e. The van der Waals surface area contributed by atoms with E-state index in [9.17, 15) is 14.7 Å². The molecule has 1 fully saturated rings. The van der Waals surface area contributed by atoms with Gasteiger partial charge in [0, 0.05) is 25.4 Å². The fourth-order valence-electron chi connectivity index (χ4n) is 2.10. The zero-order valence-corrected chi connectivity index (χ0v) is 9.82. The first-order chi connectivity index (χ1) is 8.70. The summed E-state index contributed by atoms with van der Waals surface area (Å²) < 4.78 is 0. The number of rotatable bonds is 4. The summed E-state index contributed by atoms with van der Waals surface area (Å²) in [5.74, 6) is -0.126. The topological polar surface area (TPSA) is 82.5 Å². The summed E-state index contributed by atoms with van der Waals surface area (Å²) >= 11 is 0. The number of hydrogen-bond donors (Lipinski definition) is 2. The molecule has 6 heteroatoms. The number of hydrogen-bond acceptors (Lipinski definition) is 4. The molecule has 0 radical (unpaired) electrons. The minimum Gasteiger partial charge on any atom is -0.391 e. The molecule has 0 bridgehead atoms. The Hall–Kier alpha value is -1.95. The van der Waals surface area contributed by atoms with Gasteiger partial charge in [-0.05, 0) is 11.6 Å². The van der Waals surface area contributed by atoms with Crippen molar-refractivity contribution in [2.24, 2.45) is 0 Å². The first kappa shape index (κ1) is 12.5. The van der Waals surface area contributed by atoms with E-state index in [-0.39, 0.29) is 18.9 Å². The van der Waals surface area contributed by atoms with Crippen molar-refractivity contribution in [2.75, 3.05) is 6.54 Å². The van der Waals surface area contributed by atoms with Crippen LogP contribution < -0.4 is 5.32 Å². The van der Waals surface area contributed by atoms with Crippen LogP contribution in [0.1, 0.15) is 12.0 Å². The lowest BCUT2D eigenvalue weighted by Crippen LogP contribution is -2.44. The SMILES string of the molecule is O=CNC1CC(O)CN1C(=O)Cc1cccnc1. The number of likely N-dealkylation sites (tertiary alicyclic amines) is 1. The van der Waals surface area contributed by atoms with Crippen molar-refractivity contribution in [3.8, 4) is 0 Å². The van der Waals surface area contributed by atoms with Crippen molar-refractivity contribution in [3.05, 3.63) is 30.1 Å². The van der Waals surface area contributed by atoms with Crippen LogP contribution in [0, 0.1) is 0 Å². The number of aliphatic hydroxyl groups is 1. The molecule has 1 saturated heterocycles. The molecule has 2 rings (SSSR count). The Morgan fingerprint density at radius 3 is 3.17 bits per heavy atom. The van der Waals surface area contributed by atoms with E-state index in [0.29, 0.717) is 12.8 Å². The van der Waals surface area contributed by atoms with E-state index in [0.717, 1.165) is 5.56 Å². The van der Waals surface area contributed by atoms with Crippen molar-refractivity contribution < 1.29 is 14.7 Å². The van der Waals surface area contributed by atoms with Gasteiger partial charge in [0.15, 0.2) is 0 Å². The lowest BCUT2D eigenvalue weighted by molar-refractivity contribution is -0.132. The summed E-state index contributed by atoms with van der Waals surface area (Å²) in [6.07, 6.45) is 3.42. The highest BCUT2D eigenvalue weighted by atomic mass is 16.3. The fourth-order valence-corrected chi connectivity index (χ4v) is 2.10. The fraction of sp³-hybridized carbons (Fsp3) is 0.417. The molecule has 2 amide bonds. The Balaban J connectivity index is 2.01. The van der Waals surface area contributed by atoms with Crippen LogP contribution in [0.15, 0.2) is 24.5 Å². The Labute approximate surface area is 105 Å². The molecule has 1 aliphatic heterocycles. The highest BCUT2D eigenvalue weighted by Crippen LogP contribution is 2.16. The molecule has 2 heterocycles. The molecule has 18 heavy (non-hydrogen) atoms. The molecule has 2 unspecified atom stereocenters. The Bertz CT molecular complexity index is 424. The molecule has 0 saturated carbocycles. The van der Waals surface area contributed by atoms with Gasteiger partial charge in [-0.15, -0.1) is 0 Å². The third-order valence-electron chi connectivity index (χ3n) is 2.94. The Kier molecular flexibility index (Phi) is 3.88. The van der Waals surface area contributed by atoms with Crippen LogP contribution >= 0.6 is 0 Å². The monoisotopic (exact) mass is 249 g/mol. The Morgan fingerprint density at radius 2 is 2.50 bits per heavy atom. The molecule has 1 aromatic rings. The first-order valence-electron chi connectivity index (χ1n) is 5.77. The molecule has 0 aliphatic carbocycles. The Morgan fingerprint density at radius 1 is 1.67 bits per heavy atom. The minimum atomic E-state index is -0.583. The number of β-amino-alcohol motifs (C(OH)–C–C–N with tert-alkyl or cyclic N) is 1. The third kappa shape index (κ3) is 2.84. The summed E-state index contributed by atoms with van der Waals surface area (Å²) in [6.45, 7) is 0.255. The molecule has 2 atom stereocenters. The summed E-state index contributed by atoms with van der Waals surface area (Å²) in [6, 6.07) is 3.59. The van der Waals surface area contributed by atoms with Gasteiger partial charge >= 0.3 is 0 Å². The van der Waals surface area contributed by atoms with E-state index in [4.69, 9.17) is 0 Å². The number of carbonyl (C=O) groups is 2. The summed E-state index contributed by atoms with van der Waals surface area (Å²) in [5, 5.41) is 12.1. The minimum absolute atomic E-state index is 0.126. The predicted octanol–water partition coefficient (Wildman–Crippen LogP) is -0.711. The zero-order valence-electron chi connectivity index (χ0n) is 9.82. The van der Waals surface area contributed by atoms with E-state index in [1.165, 1.54) is 4.90 Å². The van der Waals surface area contributed by atoms with Gasteiger partial charge in [-0.3, -0.25) is 14.6 Å². The second-order valence-corrected chi connectivity index (χ2v) is 4.27. The number of nitrogens with one attached hydrogen (secondary N) is 1. The molecule has 6 nitrogen and oxygen atoms in total. The van der Waals surface area contributed by atoms with Crippen molar-refractivity contribution >= 4 is 12.3 Å². The standard InChI is InChI=1S/C12H15N3O3/c16-8-14-11-5-10(17)7-15(11)12(18)4-9-2-1-3-13-6-9/h1-3,6,8,10-11,17H,4-5,7H2,(H,14,16). The van der Waals surface area contributed by atoms with E-state index >= 15 is 0 Å². The van der Waals surface area contributed by atoms with Gasteiger partial charge in [-0.25, -0.2) is 0 Å². The highest BCUT2D eigenvalue weighted by Gasteiger charge is 2.33. The van der Waals surface area contributed by atoms with Crippen LogP contribution in [0.4, 0.5) is 0 Å². The zero-order chi connectivity index (χ0) is 13.0. The van der Waals surface area contributed by atoms with Gasteiger partial charge in [0.05, 0.1) is 12.5 Å². The number of nitrogens with zero attached hydrogens (tertiary/aromatic N) is 2. The number of aromatic nitrogens is 1. The number of carbonyl (C=O) groups excluding carboxylic acids is 2. The van der Waals surface area contributed by atoms with Crippen LogP contribution in [0.5, 0.6) is 0 Å². The van der Waals surface area contributed by atoms with Crippen LogP contribution in [-0.2, 0) is 16.0 Å². The number of pyridine rings is 1. The number of aliphatic hydroxyl groups excluding tert-OH is 1. The molecule has 1 aliphatic rings. The smallest absolute Gasteiger partial charge is 0.228 e. The average molecular weight is 249 g/mol. The van der Waals surface area contributed by atoms with Crippen LogP contribution in [0.3, 0.4) is 0 Å². The maximum absolute atomic E-state index is 12.1. The molecule has 0 aromatic carbocycles. The lowest BCUT2D eigenvalue weighted by atomic mass is 10.2. The van der Waals surface area contributed by atoms with Crippen molar-refractivity contribution in [1.29, 1.82) is 0 Å². The maximum atomic E-state index is 12.1. The highest BCUT2D eigenvalue weighted by molar-refractivity contribution is 5.79. The van der Waals surface area contributed by atoms with Gasteiger partial charge in [0.1, 0.15) is 6.17 Å². The van der Waals surface area contributed by atoms with E-state index in [1.807, 2.05) is 6.07 Å². The second-order valence-electron chi connectivity index (χ2n) is 4.27. The number of amides is 2. The molecule has 0 spiro atoms. The van der Waals surface area contributed by atoms with Crippen LogP contribution in [-0.4, -0.2) is 46.1 Å². The van der Waals surface area contributed by atoms with Gasteiger partial charge in [0.25, 0.3) is 0 Å². The van der Waals surface area contributed by atoms with Crippen LogP contribution in [0.2, 0.25) is 0 Å². The van der Waals surface area contributed by atoms with E-state index in [2.05, 4.69) is 10.3 Å². The normalized spacial score (nSPS) is 22.8. The summed E-state index contributed by atoms with van der Waals surface area (Å²) in [5.41, 5.74) is 0.814. The van der Waals surface area contributed by atoms with Gasteiger partial charge in [0.2, 0.25) is 12.3 Å². The summed E-state index contributed by atoms with van der Waals surface area (Å²) in [4.78, 5) is 28.0. The van der Waals surface area contributed by atoms with Crippen molar-refractivity contribution in [2.45, 2.75) is 25.1 Å². The molecule has 96 valence electrons. The van der Waals surface area contributed by atoms with Gasteiger partial charge < -0.3 is 15.3 Å².